The summed E-state index contributed by atoms with van der Waals surface area (Å²) in [4.78, 5) is 4.19. The normalized spacial score (nSPS) is 12.4. The number of nitrogens with zero attached hydrogens (tertiary/aromatic N) is 2. The molecule has 6 heteroatoms. The molecule has 17 heavy (non-hydrogen) atoms. The zero-order valence-electron chi connectivity index (χ0n) is 9.48. The smallest absolute Gasteiger partial charge is 0.215 e. The van der Waals surface area contributed by atoms with Gasteiger partial charge in [0.05, 0.1) is 0 Å². The third-order valence-electron chi connectivity index (χ3n) is 2.28. The molecule has 0 aliphatic carbocycles. The molecule has 1 unspecified atom stereocenters. The first-order chi connectivity index (χ1) is 8.06. The molecule has 0 aliphatic rings. The quantitative estimate of drug-likeness (QED) is 0.870. The van der Waals surface area contributed by atoms with Crippen molar-refractivity contribution in [1.29, 1.82) is 0 Å². The molecule has 0 amide bonds. The van der Waals surface area contributed by atoms with Crippen molar-refractivity contribution in [2.45, 2.75) is 13.0 Å². The van der Waals surface area contributed by atoms with E-state index in [9.17, 15) is 0 Å². The zero-order valence-corrected chi connectivity index (χ0v) is 11.0. The Morgan fingerprint density at radius 1 is 1.53 bits per heavy atom. The van der Waals surface area contributed by atoms with Crippen molar-refractivity contribution in [2.75, 3.05) is 0 Å². The molecule has 0 saturated carbocycles. The van der Waals surface area contributed by atoms with E-state index in [-0.39, 0.29) is 6.10 Å². The summed E-state index contributed by atoms with van der Waals surface area (Å²) in [6.07, 6.45) is -0.212. The lowest BCUT2D eigenvalue weighted by atomic mass is 10.3. The van der Waals surface area contributed by atoms with Crippen molar-refractivity contribution in [3.63, 3.8) is 0 Å². The highest BCUT2D eigenvalue weighted by atomic mass is 35.5. The number of aromatic amines is 1. The number of aryl methyl sites for hydroxylation is 1. The summed E-state index contributed by atoms with van der Waals surface area (Å²) < 4.78 is 7.88. The van der Waals surface area contributed by atoms with Crippen molar-refractivity contribution < 1.29 is 4.74 Å². The van der Waals surface area contributed by atoms with Crippen LogP contribution in [-0.2, 0) is 7.05 Å². The standard InChI is InChI=1S/C11H12ClN3OS/c1-7(10-13-11(17)15(2)14-10)16-9-5-3-4-8(12)6-9/h3-7H,1-2H3,(H,13,14,17). The molecule has 0 bridgehead atoms. The molecule has 0 spiro atoms. The molecule has 1 aromatic carbocycles. The van der Waals surface area contributed by atoms with Gasteiger partial charge >= 0.3 is 0 Å². The highest BCUT2D eigenvalue weighted by Crippen LogP contribution is 2.22. The fourth-order valence-electron chi connectivity index (χ4n) is 1.40. The number of hydrogen-bond acceptors (Lipinski definition) is 3. The Morgan fingerprint density at radius 2 is 2.29 bits per heavy atom. The van der Waals surface area contributed by atoms with E-state index in [2.05, 4.69) is 10.1 Å². The van der Waals surface area contributed by atoms with Crippen LogP contribution < -0.4 is 4.74 Å². The molecule has 0 radical (unpaired) electrons. The van der Waals surface area contributed by atoms with Gasteiger partial charge in [0.15, 0.2) is 11.9 Å². The van der Waals surface area contributed by atoms with Crippen molar-refractivity contribution in [2.24, 2.45) is 7.05 Å². The first kappa shape index (κ1) is 12.1. The highest BCUT2D eigenvalue weighted by Gasteiger charge is 2.11. The molecule has 1 atom stereocenters. The van der Waals surface area contributed by atoms with E-state index in [0.717, 1.165) is 0 Å². The first-order valence-electron chi connectivity index (χ1n) is 5.11. The monoisotopic (exact) mass is 269 g/mol. The molecule has 2 aromatic rings. The Hall–Kier alpha value is -1.33. The van der Waals surface area contributed by atoms with Crippen LogP contribution in [0.15, 0.2) is 24.3 Å². The van der Waals surface area contributed by atoms with E-state index >= 15 is 0 Å². The molecule has 2 rings (SSSR count). The number of H-pyrrole nitrogens is 1. The summed E-state index contributed by atoms with van der Waals surface area (Å²) in [5.41, 5.74) is 0. The van der Waals surface area contributed by atoms with E-state index < -0.39 is 0 Å². The van der Waals surface area contributed by atoms with Gasteiger partial charge in [-0.1, -0.05) is 17.7 Å². The van der Waals surface area contributed by atoms with Crippen LogP contribution in [0.2, 0.25) is 5.02 Å². The molecule has 1 heterocycles. The van der Waals surface area contributed by atoms with E-state index in [4.69, 9.17) is 28.6 Å². The van der Waals surface area contributed by atoms with Gasteiger partial charge in [0, 0.05) is 12.1 Å². The number of rotatable bonds is 3. The maximum absolute atomic E-state index is 5.88. The fourth-order valence-corrected chi connectivity index (χ4v) is 1.73. The second-order valence-electron chi connectivity index (χ2n) is 3.67. The van der Waals surface area contributed by atoms with Gasteiger partial charge in [-0.25, -0.2) is 4.98 Å². The van der Waals surface area contributed by atoms with Crippen LogP contribution in [0, 0.1) is 4.77 Å². The van der Waals surface area contributed by atoms with Crippen LogP contribution in [0.4, 0.5) is 0 Å². The number of halogens is 1. The Labute approximate surface area is 109 Å². The van der Waals surface area contributed by atoms with Crippen LogP contribution in [0.5, 0.6) is 5.75 Å². The summed E-state index contributed by atoms with van der Waals surface area (Å²) in [6.45, 7) is 1.90. The number of benzene rings is 1. The van der Waals surface area contributed by atoms with Gasteiger partial charge in [-0.2, -0.15) is 0 Å². The van der Waals surface area contributed by atoms with E-state index in [1.807, 2.05) is 26.1 Å². The van der Waals surface area contributed by atoms with Crippen molar-refractivity contribution in [3.05, 3.63) is 39.9 Å². The van der Waals surface area contributed by atoms with Crippen molar-refractivity contribution in [1.82, 2.24) is 14.8 Å². The van der Waals surface area contributed by atoms with E-state index in [1.165, 1.54) is 0 Å². The van der Waals surface area contributed by atoms with Gasteiger partial charge in [0.1, 0.15) is 5.75 Å². The van der Waals surface area contributed by atoms with Crippen LogP contribution in [0.3, 0.4) is 0 Å². The Morgan fingerprint density at radius 3 is 2.88 bits per heavy atom. The average Bonchev–Trinajstić information content (AvgIpc) is 2.59. The number of ether oxygens (including phenoxy) is 1. The minimum Gasteiger partial charge on any atom is -0.483 e. The van der Waals surface area contributed by atoms with Gasteiger partial charge in [-0.05, 0) is 37.3 Å². The molecule has 0 aliphatic heterocycles. The Bertz CT molecular complexity index is 578. The second kappa shape index (κ2) is 4.89. The zero-order chi connectivity index (χ0) is 12.4. The molecule has 4 nitrogen and oxygen atoms in total. The summed E-state index contributed by atoms with van der Waals surface area (Å²) >= 11 is 10.9. The van der Waals surface area contributed by atoms with Crippen LogP contribution in [-0.4, -0.2) is 14.8 Å². The lowest BCUT2D eigenvalue weighted by Crippen LogP contribution is -2.05. The summed E-state index contributed by atoms with van der Waals surface area (Å²) in [6, 6.07) is 7.24. The lowest BCUT2D eigenvalue weighted by Gasteiger charge is -2.12. The SMILES string of the molecule is CC(Oc1cccc(Cl)c1)c1nc(=S)n(C)[nH]1. The van der Waals surface area contributed by atoms with Gasteiger partial charge in [-0.15, -0.1) is 0 Å². The third kappa shape index (κ3) is 2.87. The van der Waals surface area contributed by atoms with Crippen LogP contribution in [0.1, 0.15) is 18.9 Å². The molecule has 90 valence electrons. The topological polar surface area (TPSA) is 42.8 Å². The Balaban J connectivity index is 2.16. The molecule has 0 saturated heterocycles. The molecular formula is C11H12ClN3OS. The number of aromatic nitrogens is 3. The first-order valence-corrected chi connectivity index (χ1v) is 5.90. The maximum Gasteiger partial charge on any atom is 0.215 e. The number of nitrogens with one attached hydrogen (secondary N) is 1. The average molecular weight is 270 g/mol. The highest BCUT2D eigenvalue weighted by molar-refractivity contribution is 7.71. The number of hydrogen-bond donors (Lipinski definition) is 1. The van der Waals surface area contributed by atoms with Crippen LogP contribution in [0.25, 0.3) is 0 Å². The van der Waals surface area contributed by atoms with Gasteiger partial charge in [-0.3, -0.25) is 9.78 Å². The predicted molar refractivity (Wildman–Crippen MR) is 68.9 cm³/mol. The summed E-state index contributed by atoms with van der Waals surface area (Å²) in [5.74, 6) is 1.40. The predicted octanol–water partition coefficient (Wildman–Crippen LogP) is 3.27. The van der Waals surface area contributed by atoms with Crippen molar-refractivity contribution >= 4 is 23.8 Å². The van der Waals surface area contributed by atoms with E-state index in [1.54, 1.807) is 16.8 Å². The summed E-state index contributed by atoms with van der Waals surface area (Å²) in [7, 11) is 1.81. The fraction of sp³-hybridized carbons (Fsp3) is 0.273. The Kier molecular flexibility index (Phi) is 3.49. The molecule has 1 N–H and O–H groups in total. The largest absolute Gasteiger partial charge is 0.483 e. The molecule has 1 aromatic heterocycles. The summed E-state index contributed by atoms with van der Waals surface area (Å²) in [5, 5.41) is 3.66. The molecular weight excluding hydrogens is 258 g/mol. The lowest BCUT2D eigenvalue weighted by molar-refractivity contribution is 0.216. The van der Waals surface area contributed by atoms with Gasteiger partial charge in [0.25, 0.3) is 0 Å². The van der Waals surface area contributed by atoms with Crippen LogP contribution >= 0.6 is 23.8 Å². The second-order valence-corrected chi connectivity index (χ2v) is 4.47. The maximum atomic E-state index is 5.88. The minimum atomic E-state index is -0.212. The third-order valence-corrected chi connectivity index (χ3v) is 2.88. The van der Waals surface area contributed by atoms with Gasteiger partial charge in [0.2, 0.25) is 4.77 Å². The van der Waals surface area contributed by atoms with E-state index in [0.29, 0.717) is 21.4 Å². The minimum absolute atomic E-state index is 0.212. The van der Waals surface area contributed by atoms with Gasteiger partial charge < -0.3 is 4.74 Å². The molecule has 0 fully saturated rings. The van der Waals surface area contributed by atoms with Crippen molar-refractivity contribution in [3.8, 4) is 5.75 Å².